The number of aromatic nitrogens is 2. The van der Waals surface area contributed by atoms with Crippen molar-refractivity contribution in [2.45, 2.75) is 0 Å². The van der Waals surface area contributed by atoms with Gasteiger partial charge < -0.3 is 15.0 Å². The molecule has 0 bridgehead atoms. The second-order valence-electron chi connectivity index (χ2n) is 4.65. The lowest BCUT2D eigenvalue weighted by Gasteiger charge is -2.27. The van der Waals surface area contributed by atoms with Crippen molar-refractivity contribution < 1.29 is 4.74 Å². The van der Waals surface area contributed by atoms with E-state index in [9.17, 15) is 0 Å². The summed E-state index contributed by atoms with van der Waals surface area (Å²) < 4.78 is 5.38. The molecule has 0 atom stereocenters. The number of rotatable bonds is 3. The van der Waals surface area contributed by atoms with Gasteiger partial charge in [0.1, 0.15) is 5.82 Å². The molecule has 3 rings (SSSR count). The van der Waals surface area contributed by atoms with Crippen LogP contribution in [0.1, 0.15) is 0 Å². The Kier molecular flexibility index (Phi) is 3.78. The molecule has 2 aromatic rings. The van der Waals surface area contributed by atoms with Crippen molar-refractivity contribution in [3.8, 4) is 11.3 Å². The molecule has 1 aromatic carbocycles. The van der Waals surface area contributed by atoms with Crippen molar-refractivity contribution in [2.24, 2.45) is 0 Å². The quantitative estimate of drug-likeness (QED) is 0.924. The second-order valence-corrected chi connectivity index (χ2v) is 4.65. The predicted molar refractivity (Wildman–Crippen MR) is 80.0 cm³/mol. The van der Waals surface area contributed by atoms with Crippen molar-refractivity contribution in [2.75, 3.05) is 43.6 Å². The summed E-state index contributed by atoms with van der Waals surface area (Å²) in [4.78, 5) is 11.4. The largest absolute Gasteiger partial charge is 0.378 e. The Hall–Kier alpha value is -2.14. The first kappa shape index (κ1) is 12.9. The minimum absolute atomic E-state index is 0.730. The zero-order valence-corrected chi connectivity index (χ0v) is 11.5. The Morgan fingerprint density at radius 1 is 1.10 bits per heavy atom. The van der Waals surface area contributed by atoms with E-state index in [2.05, 4.69) is 27.3 Å². The minimum atomic E-state index is 0.730. The van der Waals surface area contributed by atoms with Gasteiger partial charge in [-0.05, 0) is 0 Å². The monoisotopic (exact) mass is 270 g/mol. The predicted octanol–water partition coefficient (Wildman–Crippen LogP) is 2.02. The molecule has 5 nitrogen and oxygen atoms in total. The third kappa shape index (κ3) is 2.72. The van der Waals surface area contributed by atoms with Crippen LogP contribution >= 0.6 is 0 Å². The van der Waals surface area contributed by atoms with E-state index in [1.807, 2.05) is 31.3 Å². The molecule has 104 valence electrons. The normalized spacial score (nSPS) is 15.2. The number of benzene rings is 1. The van der Waals surface area contributed by atoms with Crippen LogP contribution < -0.4 is 10.2 Å². The molecule has 1 N–H and O–H groups in total. The van der Waals surface area contributed by atoms with Crippen LogP contribution in [0.3, 0.4) is 0 Å². The van der Waals surface area contributed by atoms with E-state index in [1.165, 1.54) is 0 Å². The van der Waals surface area contributed by atoms with Gasteiger partial charge in [-0.3, -0.25) is 0 Å². The van der Waals surface area contributed by atoms with E-state index in [4.69, 9.17) is 9.72 Å². The van der Waals surface area contributed by atoms with Crippen LogP contribution in [0.15, 0.2) is 36.4 Å². The highest BCUT2D eigenvalue weighted by Gasteiger charge is 2.15. The van der Waals surface area contributed by atoms with Gasteiger partial charge >= 0.3 is 0 Å². The molecule has 1 aromatic heterocycles. The Labute approximate surface area is 118 Å². The summed E-state index contributed by atoms with van der Waals surface area (Å²) in [6, 6.07) is 12.1. The molecule has 1 saturated heterocycles. The van der Waals surface area contributed by atoms with Crippen LogP contribution in [0.5, 0.6) is 0 Å². The number of morpholine rings is 1. The third-order valence-corrected chi connectivity index (χ3v) is 3.33. The molecule has 5 heteroatoms. The van der Waals surface area contributed by atoms with Crippen LogP contribution in [-0.4, -0.2) is 43.3 Å². The summed E-state index contributed by atoms with van der Waals surface area (Å²) in [6.07, 6.45) is 0. The molecule has 0 saturated carbocycles. The Bertz CT molecular complexity index is 567. The molecule has 0 aliphatic carbocycles. The van der Waals surface area contributed by atoms with Gasteiger partial charge in [-0.25, -0.2) is 4.98 Å². The van der Waals surface area contributed by atoms with Gasteiger partial charge in [0.25, 0.3) is 0 Å². The van der Waals surface area contributed by atoms with E-state index >= 15 is 0 Å². The van der Waals surface area contributed by atoms with Gasteiger partial charge in [-0.2, -0.15) is 4.98 Å². The van der Waals surface area contributed by atoms with E-state index in [0.29, 0.717) is 0 Å². The van der Waals surface area contributed by atoms with Crippen molar-refractivity contribution in [1.82, 2.24) is 9.97 Å². The Balaban J connectivity index is 1.98. The van der Waals surface area contributed by atoms with Gasteiger partial charge in [0.15, 0.2) is 0 Å². The molecule has 20 heavy (non-hydrogen) atoms. The Morgan fingerprint density at radius 3 is 2.55 bits per heavy atom. The number of anilines is 2. The lowest BCUT2D eigenvalue weighted by Crippen LogP contribution is -2.37. The number of ether oxygens (including phenoxy) is 1. The van der Waals surface area contributed by atoms with Crippen LogP contribution in [0.4, 0.5) is 11.8 Å². The molecule has 0 unspecified atom stereocenters. The number of nitrogens with one attached hydrogen (secondary N) is 1. The first-order chi connectivity index (χ1) is 9.86. The second kappa shape index (κ2) is 5.88. The maximum absolute atomic E-state index is 5.38. The van der Waals surface area contributed by atoms with Gasteiger partial charge in [0, 0.05) is 31.8 Å². The SMILES string of the molecule is CNc1cc(-c2ccccc2)nc(N2CCOCC2)n1. The van der Waals surface area contributed by atoms with Crippen LogP contribution in [0.2, 0.25) is 0 Å². The first-order valence-electron chi connectivity index (χ1n) is 6.82. The summed E-state index contributed by atoms with van der Waals surface area (Å²) >= 11 is 0. The zero-order chi connectivity index (χ0) is 13.8. The topological polar surface area (TPSA) is 50.3 Å². The number of hydrogen-bond donors (Lipinski definition) is 1. The van der Waals surface area contributed by atoms with E-state index in [0.717, 1.165) is 49.3 Å². The summed E-state index contributed by atoms with van der Waals surface area (Å²) in [6.45, 7) is 3.13. The molecule has 0 spiro atoms. The van der Waals surface area contributed by atoms with Crippen LogP contribution in [-0.2, 0) is 4.74 Å². The zero-order valence-electron chi connectivity index (χ0n) is 11.5. The number of nitrogens with zero attached hydrogens (tertiary/aromatic N) is 3. The highest BCUT2D eigenvalue weighted by Crippen LogP contribution is 2.23. The lowest BCUT2D eigenvalue weighted by atomic mass is 10.1. The molecule has 0 amide bonds. The fourth-order valence-electron chi connectivity index (χ4n) is 2.22. The van der Waals surface area contributed by atoms with E-state index in [-0.39, 0.29) is 0 Å². The van der Waals surface area contributed by atoms with E-state index in [1.54, 1.807) is 0 Å². The van der Waals surface area contributed by atoms with Crippen molar-refractivity contribution in [3.05, 3.63) is 36.4 Å². The summed E-state index contributed by atoms with van der Waals surface area (Å²) in [5, 5.41) is 3.11. The first-order valence-corrected chi connectivity index (χ1v) is 6.82. The molecular formula is C15H18N4O. The smallest absolute Gasteiger partial charge is 0.228 e. The van der Waals surface area contributed by atoms with Gasteiger partial charge in [-0.1, -0.05) is 30.3 Å². The third-order valence-electron chi connectivity index (χ3n) is 3.33. The Morgan fingerprint density at radius 2 is 1.85 bits per heavy atom. The maximum atomic E-state index is 5.38. The fourth-order valence-corrected chi connectivity index (χ4v) is 2.22. The molecular weight excluding hydrogens is 252 g/mol. The van der Waals surface area contributed by atoms with Gasteiger partial charge in [0.05, 0.1) is 18.9 Å². The van der Waals surface area contributed by atoms with Crippen LogP contribution in [0, 0.1) is 0 Å². The summed E-state index contributed by atoms with van der Waals surface area (Å²) in [5.41, 5.74) is 2.03. The summed E-state index contributed by atoms with van der Waals surface area (Å²) in [5.74, 6) is 1.60. The standard InChI is InChI=1S/C15H18N4O/c1-16-14-11-13(12-5-3-2-4-6-12)17-15(18-14)19-7-9-20-10-8-19/h2-6,11H,7-10H2,1H3,(H,16,17,18). The van der Waals surface area contributed by atoms with Crippen molar-refractivity contribution in [1.29, 1.82) is 0 Å². The van der Waals surface area contributed by atoms with Crippen molar-refractivity contribution in [3.63, 3.8) is 0 Å². The number of hydrogen-bond acceptors (Lipinski definition) is 5. The lowest BCUT2D eigenvalue weighted by molar-refractivity contribution is 0.122. The van der Waals surface area contributed by atoms with Crippen molar-refractivity contribution >= 4 is 11.8 Å². The molecule has 0 radical (unpaired) electrons. The van der Waals surface area contributed by atoms with Crippen LogP contribution in [0.25, 0.3) is 11.3 Å². The summed E-state index contributed by atoms with van der Waals surface area (Å²) in [7, 11) is 1.88. The molecule has 1 aliphatic rings. The average Bonchev–Trinajstić information content (AvgIpc) is 2.56. The highest BCUT2D eigenvalue weighted by atomic mass is 16.5. The average molecular weight is 270 g/mol. The van der Waals surface area contributed by atoms with Gasteiger partial charge in [-0.15, -0.1) is 0 Å². The molecule has 2 heterocycles. The molecule has 1 aliphatic heterocycles. The highest BCUT2D eigenvalue weighted by molar-refractivity contribution is 5.64. The van der Waals surface area contributed by atoms with Gasteiger partial charge in [0.2, 0.25) is 5.95 Å². The molecule has 1 fully saturated rings. The maximum Gasteiger partial charge on any atom is 0.228 e. The minimum Gasteiger partial charge on any atom is -0.378 e. The van der Waals surface area contributed by atoms with E-state index < -0.39 is 0 Å². The fraction of sp³-hybridized carbons (Fsp3) is 0.333.